The molecule has 1 heterocycles. The van der Waals surface area contributed by atoms with Gasteiger partial charge < -0.3 is 5.32 Å². The monoisotopic (exact) mass is 364 g/mol. The van der Waals surface area contributed by atoms with Gasteiger partial charge in [0.1, 0.15) is 5.01 Å². The minimum absolute atomic E-state index is 0.0129. The predicted octanol–water partition coefficient (Wildman–Crippen LogP) is 4.40. The molecule has 0 bridgehead atoms. The maximum absolute atomic E-state index is 12.1. The van der Waals surface area contributed by atoms with Gasteiger partial charge in [-0.3, -0.25) is 9.59 Å². The molecular formula is C21H20N2O2S. The lowest BCUT2D eigenvalue weighted by molar-refractivity contribution is -0.121. The summed E-state index contributed by atoms with van der Waals surface area (Å²) < 4.78 is 0. The van der Waals surface area contributed by atoms with Crippen molar-refractivity contribution in [1.29, 1.82) is 0 Å². The van der Waals surface area contributed by atoms with Crippen LogP contribution in [0.25, 0.3) is 10.6 Å². The molecule has 0 fully saturated rings. The van der Waals surface area contributed by atoms with Gasteiger partial charge in [-0.05, 0) is 6.92 Å². The van der Waals surface area contributed by atoms with Crippen LogP contribution in [0.1, 0.15) is 33.8 Å². The van der Waals surface area contributed by atoms with E-state index in [1.807, 2.05) is 55.5 Å². The molecule has 0 aliphatic heterocycles. The molecule has 0 saturated carbocycles. The van der Waals surface area contributed by atoms with E-state index < -0.39 is 0 Å². The minimum atomic E-state index is -0.122. The lowest BCUT2D eigenvalue weighted by Gasteiger charge is -2.04. The van der Waals surface area contributed by atoms with Crippen LogP contribution >= 0.6 is 11.3 Å². The van der Waals surface area contributed by atoms with E-state index in [4.69, 9.17) is 0 Å². The average molecular weight is 364 g/mol. The van der Waals surface area contributed by atoms with Gasteiger partial charge in [-0.2, -0.15) is 0 Å². The summed E-state index contributed by atoms with van der Waals surface area (Å²) in [6.45, 7) is 2.39. The first-order valence-corrected chi connectivity index (χ1v) is 9.32. The summed E-state index contributed by atoms with van der Waals surface area (Å²) in [5.74, 6) is -0.135. The minimum Gasteiger partial charge on any atom is -0.351 e. The number of Topliss-reactive ketones (excluding diaryl/α,β-unsaturated/α-hetero) is 1. The fourth-order valence-electron chi connectivity index (χ4n) is 2.56. The second-order valence-electron chi connectivity index (χ2n) is 5.96. The molecule has 3 rings (SSSR count). The van der Waals surface area contributed by atoms with Crippen LogP contribution in [0.15, 0.2) is 60.7 Å². The third-order valence-electron chi connectivity index (χ3n) is 4.03. The first-order chi connectivity index (χ1) is 12.6. The molecule has 0 spiro atoms. The van der Waals surface area contributed by atoms with Crippen molar-refractivity contribution in [3.05, 3.63) is 76.8 Å². The fraction of sp³-hybridized carbons (Fsp3) is 0.190. The van der Waals surface area contributed by atoms with Crippen molar-refractivity contribution in [3.63, 3.8) is 0 Å². The Morgan fingerprint density at radius 1 is 0.962 bits per heavy atom. The molecule has 5 heteroatoms. The lowest BCUT2D eigenvalue weighted by Crippen LogP contribution is -2.23. The van der Waals surface area contributed by atoms with Gasteiger partial charge in [-0.25, -0.2) is 4.98 Å². The molecule has 1 N–H and O–H groups in total. The fourth-order valence-corrected chi connectivity index (χ4v) is 3.57. The summed E-state index contributed by atoms with van der Waals surface area (Å²) in [5.41, 5.74) is 2.65. The molecule has 0 atom stereocenters. The Morgan fingerprint density at radius 3 is 2.31 bits per heavy atom. The number of hydrogen-bond acceptors (Lipinski definition) is 4. The van der Waals surface area contributed by atoms with Gasteiger partial charge >= 0.3 is 0 Å². The van der Waals surface area contributed by atoms with Gasteiger partial charge in [-0.1, -0.05) is 60.7 Å². The van der Waals surface area contributed by atoms with E-state index in [2.05, 4.69) is 10.3 Å². The van der Waals surface area contributed by atoms with E-state index in [-0.39, 0.29) is 24.5 Å². The number of ketones is 1. The van der Waals surface area contributed by atoms with Crippen LogP contribution in [0.4, 0.5) is 0 Å². The zero-order valence-corrected chi connectivity index (χ0v) is 15.4. The Morgan fingerprint density at radius 2 is 1.62 bits per heavy atom. The van der Waals surface area contributed by atoms with Crippen LogP contribution in [0.5, 0.6) is 0 Å². The van der Waals surface area contributed by atoms with Crippen molar-refractivity contribution in [2.45, 2.75) is 26.3 Å². The number of thiazole rings is 1. The Bertz CT molecular complexity index is 889. The van der Waals surface area contributed by atoms with E-state index in [1.165, 1.54) is 0 Å². The molecule has 2 aromatic carbocycles. The van der Waals surface area contributed by atoms with Crippen molar-refractivity contribution >= 4 is 23.0 Å². The summed E-state index contributed by atoms with van der Waals surface area (Å²) in [6, 6.07) is 19.0. The molecule has 0 aliphatic carbocycles. The average Bonchev–Trinajstić information content (AvgIpc) is 3.06. The van der Waals surface area contributed by atoms with Gasteiger partial charge in [0.25, 0.3) is 0 Å². The van der Waals surface area contributed by atoms with Crippen LogP contribution in [-0.2, 0) is 11.3 Å². The predicted molar refractivity (Wildman–Crippen MR) is 104 cm³/mol. The van der Waals surface area contributed by atoms with Crippen LogP contribution in [0, 0.1) is 6.92 Å². The largest absolute Gasteiger partial charge is 0.351 e. The number of nitrogens with zero attached hydrogens (tertiary/aromatic N) is 1. The highest BCUT2D eigenvalue weighted by Crippen LogP contribution is 2.27. The summed E-state index contributed by atoms with van der Waals surface area (Å²) in [6.07, 6.45) is 0.407. The third kappa shape index (κ3) is 4.64. The number of carbonyl (C=O) groups is 2. The molecular weight excluding hydrogens is 344 g/mol. The van der Waals surface area contributed by atoms with E-state index >= 15 is 0 Å². The molecule has 3 aromatic rings. The molecule has 26 heavy (non-hydrogen) atoms. The Balaban J connectivity index is 1.52. The number of aromatic nitrogens is 1. The molecule has 1 aromatic heterocycles. The second-order valence-corrected chi connectivity index (χ2v) is 7.04. The van der Waals surface area contributed by atoms with Crippen molar-refractivity contribution in [3.8, 4) is 10.6 Å². The molecule has 1 amide bonds. The molecule has 132 valence electrons. The molecule has 0 radical (unpaired) electrons. The number of hydrogen-bond donors (Lipinski definition) is 1. The van der Waals surface area contributed by atoms with Gasteiger partial charge in [0, 0.05) is 28.8 Å². The summed E-state index contributed by atoms with van der Waals surface area (Å²) >= 11 is 1.58. The van der Waals surface area contributed by atoms with Gasteiger partial charge in [0.2, 0.25) is 5.91 Å². The highest BCUT2D eigenvalue weighted by atomic mass is 32.1. The Kier molecular flexibility index (Phi) is 5.92. The Hall–Kier alpha value is -2.79. The number of amides is 1. The topological polar surface area (TPSA) is 59.1 Å². The van der Waals surface area contributed by atoms with Crippen LogP contribution in [-0.4, -0.2) is 16.7 Å². The lowest BCUT2D eigenvalue weighted by atomic mass is 10.1. The van der Waals surface area contributed by atoms with E-state index in [0.29, 0.717) is 12.1 Å². The highest BCUT2D eigenvalue weighted by Gasteiger charge is 2.12. The molecule has 0 saturated heterocycles. The smallest absolute Gasteiger partial charge is 0.220 e. The molecule has 4 nitrogen and oxygen atoms in total. The molecule has 0 unspecified atom stereocenters. The molecule has 0 aliphatic rings. The summed E-state index contributed by atoms with van der Waals surface area (Å²) in [4.78, 5) is 29.7. The van der Waals surface area contributed by atoms with Gasteiger partial charge in [-0.15, -0.1) is 11.3 Å². The number of benzene rings is 2. The Labute approximate surface area is 156 Å². The highest BCUT2D eigenvalue weighted by molar-refractivity contribution is 7.15. The van der Waals surface area contributed by atoms with Crippen molar-refractivity contribution in [1.82, 2.24) is 10.3 Å². The van der Waals surface area contributed by atoms with Crippen LogP contribution in [0.2, 0.25) is 0 Å². The van der Waals surface area contributed by atoms with E-state index in [0.717, 1.165) is 21.1 Å². The SMILES string of the molecule is Cc1nc(-c2ccccc2)sc1CNC(=O)CCC(=O)c1ccccc1. The van der Waals surface area contributed by atoms with Crippen molar-refractivity contribution in [2.75, 3.05) is 0 Å². The van der Waals surface area contributed by atoms with Crippen molar-refractivity contribution in [2.24, 2.45) is 0 Å². The number of aryl methyl sites for hydroxylation is 1. The normalized spacial score (nSPS) is 10.5. The van der Waals surface area contributed by atoms with E-state index in [9.17, 15) is 9.59 Å². The maximum atomic E-state index is 12.1. The number of carbonyl (C=O) groups excluding carboxylic acids is 2. The second kappa shape index (κ2) is 8.54. The maximum Gasteiger partial charge on any atom is 0.220 e. The number of rotatable bonds is 7. The van der Waals surface area contributed by atoms with Gasteiger partial charge in [0.05, 0.1) is 12.2 Å². The first-order valence-electron chi connectivity index (χ1n) is 8.50. The quantitative estimate of drug-likeness (QED) is 0.632. The standard InChI is InChI=1S/C21H20N2O2S/c1-15-19(26-21(23-15)17-10-6-3-7-11-17)14-22-20(25)13-12-18(24)16-8-4-2-5-9-16/h2-11H,12-14H2,1H3,(H,22,25). The zero-order valence-electron chi connectivity index (χ0n) is 14.6. The van der Waals surface area contributed by atoms with E-state index in [1.54, 1.807) is 23.5 Å². The van der Waals surface area contributed by atoms with Crippen LogP contribution < -0.4 is 5.32 Å². The summed E-state index contributed by atoms with van der Waals surface area (Å²) in [5, 5.41) is 3.84. The van der Waals surface area contributed by atoms with Gasteiger partial charge in [0.15, 0.2) is 5.78 Å². The summed E-state index contributed by atoms with van der Waals surface area (Å²) in [7, 11) is 0. The zero-order chi connectivity index (χ0) is 18.4. The third-order valence-corrected chi connectivity index (χ3v) is 5.24. The van der Waals surface area contributed by atoms with Crippen molar-refractivity contribution < 1.29 is 9.59 Å². The number of nitrogens with one attached hydrogen (secondary N) is 1. The first kappa shape index (κ1) is 18.0. The van der Waals surface area contributed by atoms with Crippen LogP contribution in [0.3, 0.4) is 0 Å².